The second kappa shape index (κ2) is 5.66. The number of ether oxygens (including phenoxy) is 1. The molecule has 1 fully saturated rings. The van der Waals surface area contributed by atoms with Crippen LogP contribution in [0.3, 0.4) is 0 Å². The van der Waals surface area contributed by atoms with Gasteiger partial charge in [0.1, 0.15) is 5.75 Å². The van der Waals surface area contributed by atoms with Crippen molar-refractivity contribution < 1.29 is 13.2 Å². The summed E-state index contributed by atoms with van der Waals surface area (Å²) in [4.78, 5) is 0.310. The maximum atomic E-state index is 12.6. The van der Waals surface area contributed by atoms with Crippen LogP contribution in [0.25, 0.3) is 0 Å². The van der Waals surface area contributed by atoms with E-state index in [9.17, 15) is 8.42 Å². The van der Waals surface area contributed by atoms with Gasteiger partial charge in [0.2, 0.25) is 10.0 Å². The number of sulfonamides is 1. The van der Waals surface area contributed by atoms with Crippen LogP contribution in [0.15, 0.2) is 27.6 Å². The normalized spacial score (nSPS) is 19.8. The van der Waals surface area contributed by atoms with Gasteiger partial charge < -0.3 is 4.74 Å². The molecule has 0 amide bonds. The fraction of sp³-hybridized carbons (Fsp3) is 0.571. The summed E-state index contributed by atoms with van der Waals surface area (Å²) < 4.78 is 32.6. The van der Waals surface area contributed by atoms with E-state index >= 15 is 0 Å². The smallest absolute Gasteiger partial charge is 0.243 e. The average molecular weight is 362 g/mol. The van der Waals surface area contributed by atoms with Crippen molar-refractivity contribution in [3.8, 4) is 5.75 Å². The molecule has 112 valence electrons. The minimum Gasteiger partial charge on any atom is -0.496 e. The summed E-state index contributed by atoms with van der Waals surface area (Å²) in [5, 5.41) is 0. The summed E-state index contributed by atoms with van der Waals surface area (Å²) in [6.07, 6.45) is 1.78. The number of hydrogen-bond acceptors (Lipinski definition) is 3. The molecule has 1 saturated heterocycles. The van der Waals surface area contributed by atoms with Gasteiger partial charge >= 0.3 is 0 Å². The fourth-order valence-electron chi connectivity index (χ4n) is 2.29. The van der Waals surface area contributed by atoms with Crippen molar-refractivity contribution in [1.29, 1.82) is 0 Å². The second-order valence-corrected chi connectivity index (χ2v) is 8.66. The molecule has 1 aliphatic heterocycles. The summed E-state index contributed by atoms with van der Waals surface area (Å²) in [7, 11) is -1.86. The molecule has 0 radical (unpaired) electrons. The van der Waals surface area contributed by atoms with Crippen LogP contribution in [0.5, 0.6) is 5.75 Å². The predicted molar refractivity (Wildman–Crippen MR) is 82.5 cm³/mol. The number of rotatable bonds is 3. The van der Waals surface area contributed by atoms with E-state index in [4.69, 9.17) is 4.74 Å². The highest BCUT2D eigenvalue weighted by Crippen LogP contribution is 2.34. The van der Waals surface area contributed by atoms with E-state index in [-0.39, 0.29) is 5.41 Å². The highest BCUT2D eigenvalue weighted by Gasteiger charge is 2.32. The lowest BCUT2D eigenvalue weighted by atomic mass is 9.83. The van der Waals surface area contributed by atoms with E-state index < -0.39 is 10.0 Å². The Morgan fingerprint density at radius 3 is 2.35 bits per heavy atom. The third-order valence-corrected chi connectivity index (χ3v) is 6.35. The molecule has 0 unspecified atom stereocenters. The van der Waals surface area contributed by atoms with Crippen LogP contribution < -0.4 is 4.74 Å². The van der Waals surface area contributed by atoms with Crippen LogP contribution in [0.1, 0.15) is 26.7 Å². The number of piperidine rings is 1. The first-order valence-electron chi connectivity index (χ1n) is 6.60. The molecule has 0 spiro atoms. The van der Waals surface area contributed by atoms with Crippen LogP contribution >= 0.6 is 15.9 Å². The molecule has 0 N–H and O–H groups in total. The predicted octanol–water partition coefficient (Wildman–Crippen LogP) is 3.27. The molecule has 0 bridgehead atoms. The Kier molecular flexibility index (Phi) is 4.47. The lowest BCUT2D eigenvalue weighted by molar-refractivity contribution is 0.196. The topological polar surface area (TPSA) is 46.6 Å². The summed E-state index contributed by atoms with van der Waals surface area (Å²) in [6.45, 7) is 5.53. The van der Waals surface area contributed by atoms with E-state index in [0.717, 1.165) is 12.8 Å². The maximum absolute atomic E-state index is 12.6. The average Bonchev–Trinajstić information content (AvgIpc) is 2.38. The molecule has 1 aliphatic rings. The highest BCUT2D eigenvalue weighted by molar-refractivity contribution is 9.10. The first-order valence-corrected chi connectivity index (χ1v) is 8.83. The van der Waals surface area contributed by atoms with Crippen molar-refractivity contribution >= 4 is 26.0 Å². The van der Waals surface area contributed by atoms with Gasteiger partial charge in [-0.25, -0.2) is 8.42 Å². The Morgan fingerprint density at radius 2 is 1.85 bits per heavy atom. The van der Waals surface area contributed by atoms with Gasteiger partial charge in [0.25, 0.3) is 0 Å². The van der Waals surface area contributed by atoms with Gasteiger partial charge in [0, 0.05) is 13.1 Å². The summed E-state index contributed by atoms with van der Waals surface area (Å²) >= 11 is 3.33. The monoisotopic (exact) mass is 361 g/mol. The lowest BCUT2D eigenvalue weighted by Gasteiger charge is -2.36. The molecule has 0 saturated carbocycles. The van der Waals surface area contributed by atoms with E-state index in [0.29, 0.717) is 28.2 Å². The quantitative estimate of drug-likeness (QED) is 0.829. The zero-order valence-electron chi connectivity index (χ0n) is 12.0. The first kappa shape index (κ1) is 15.8. The van der Waals surface area contributed by atoms with Gasteiger partial charge in [-0.15, -0.1) is 0 Å². The largest absolute Gasteiger partial charge is 0.496 e. The van der Waals surface area contributed by atoms with Gasteiger partial charge in [-0.05, 0) is 52.4 Å². The van der Waals surface area contributed by atoms with Crippen molar-refractivity contribution in [2.45, 2.75) is 31.6 Å². The van der Waals surface area contributed by atoms with E-state index in [1.54, 1.807) is 29.6 Å². The third-order valence-electron chi connectivity index (χ3n) is 3.84. The molecule has 1 aromatic carbocycles. The lowest BCUT2D eigenvalue weighted by Crippen LogP contribution is -2.41. The van der Waals surface area contributed by atoms with Crippen LogP contribution in [-0.4, -0.2) is 32.9 Å². The van der Waals surface area contributed by atoms with Crippen molar-refractivity contribution in [2.24, 2.45) is 5.41 Å². The summed E-state index contributed by atoms with van der Waals surface area (Å²) in [5.41, 5.74) is 0.229. The minimum atomic E-state index is -3.41. The van der Waals surface area contributed by atoms with Gasteiger partial charge in [-0.2, -0.15) is 4.31 Å². The van der Waals surface area contributed by atoms with Crippen molar-refractivity contribution in [1.82, 2.24) is 4.31 Å². The van der Waals surface area contributed by atoms with Crippen LogP contribution in [0.4, 0.5) is 0 Å². The zero-order chi connectivity index (χ0) is 15.0. The molecule has 20 heavy (non-hydrogen) atoms. The van der Waals surface area contributed by atoms with Gasteiger partial charge in [-0.3, -0.25) is 0 Å². The van der Waals surface area contributed by atoms with E-state index in [1.807, 2.05) is 0 Å². The molecule has 0 atom stereocenters. The molecule has 1 aromatic rings. The van der Waals surface area contributed by atoms with Gasteiger partial charge in [0.15, 0.2) is 0 Å². The highest BCUT2D eigenvalue weighted by atomic mass is 79.9. The number of nitrogens with zero attached hydrogens (tertiary/aromatic N) is 1. The Labute approximate surface area is 129 Å². The molecule has 4 nitrogen and oxygen atoms in total. The molecule has 0 aromatic heterocycles. The van der Waals surface area contributed by atoms with Crippen molar-refractivity contribution in [3.63, 3.8) is 0 Å². The van der Waals surface area contributed by atoms with Crippen LogP contribution in [0.2, 0.25) is 0 Å². The SMILES string of the molecule is COc1ccc(S(=O)(=O)N2CCC(C)(C)CC2)cc1Br. The van der Waals surface area contributed by atoms with Crippen molar-refractivity contribution in [3.05, 3.63) is 22.7 Å². The first-order chi connectivity index (χ1) is 9.26. The molecular formula is C14H20BrNO3S. The molecular weight excluding hydrogens is 342 g/mol. The Morgan fingerprint density at radius 1 is 1.25 bits per heavy atom. The maximum Gasteiger partial charge on any atom is 0.243 e. The molecule has 6 heteroatoms. The Balaban J connectivity index is 2.25. The molecule has 2 rings (SSSR count). The van der Waals surface area contributed by atoms with Crippen LogP contribution in [0, 0.1) is 5.41 Å². The minimum absolute atomic E-state index is 0.229. The fourth-order valence-corrected chi connectivity index (χ4v) is 4.45. The Hall–Kier alpha value is -0.590. The standard InChI is InChI=1S/C14H20BrNO3S/c1-14(2)6-8-16(9-7-14)20(17,18)11-4-5-13(19-3)12(15)10-11/h4-5,10H,6-9H2,1-3H3. The zero-order valence-corrected chi connectivity index (χ0v) is 14.4. The second-order valence-electron chi connectivity index (χ2n) is 5.86. The number of methoxy groups -OCH3 is 1. The summed E-state index contributed by atoms with van der Waals surface area (Å²) in [6, 6.07) is 4.87. The number of hydrogen-bond donors (Lipinski definition) is 0. The van der Waals surface area contributed by atoms with Gasteiger partial charge in [-0.1, -0.05) is 13.8 Å². The van der Waals surface area contributed by atoms with E-state index in [1.165, 1.54) is 0 Å². The number of halogens is 1. The number of benzene rings is 1. The molecule has 1 heterocycles. The molecule has 0 aliphatic carbocycles. The Bertz CT molecular complexity index is 588. The van der Waals surface area contributed by atoms with Crippen LogP contribution in [-0.2, 0) is 10.0 Å². The van der Waals surface area contributed by atoms with E-state index in [2.05, 4.69) is 29.8 Å². The summed E-state index contributed by atoms with van der Waals surface area (Å²) in [5.74, 6) is 0.628. The van der Waals surface area contributed by atoms with Crippen molar-refractivity contribution in [2.75, 3.05) is 20.2 Å². The van der Waals surface area contributed by atoms with Gasteiger partial charge in [0.05, 0.1) is 16.5 Å². The third kappa shape index (κ3) is 3.18.